The molecule has 13 rings (SSSR count). The Balaban J connectivity index is 0.993. The number of rotatable bonds is 11. The van der Waals surface area contributed by atoms with Crippen molar-refractivity contribution in [1.29, 1.82) is 0 Å². The Hall–Kier alpha value is -9.55. The molecule has 0 N–H and O–H groups in total. The SMILES string of the molecule is c1ccc(-c2cc(-c3ccc(-c4nc(-c5ccccc5)nc(-c5ccc6c(c5)oc5ccccc56)n4)cc3)c(-c3ccccc3)c(-c3cccc([Si](c4ccccc4)(c4ccccc4)c4ccccc4)c3)c2)cc1. The van der Waals surface area contributed by atoms with Crippen molar-refractivity contribution in [2.24, 2.45) is 0 Å². The lowest BCUT2D eigenvalue weighted by Gasteiger charge is -2.34. The zero-order chi connectivity index (χ0) is 49.3. The molecule has 0 saturated heterocycles. The van der Waals surface area contributed by atoms with Crippen LogP contribution in [-0.2, 0) is 0 Å². The van der Waals surface area contributed by atoms with Crippen molar-refractivity contribution in [2.75, 3.05) is 0 Å². The number of nitrogens with zero attached hydrogens (tertiary/aromatic N) is 3. The van der Waals surface area contributed by atoms with E-state index in [0.717, 1.165) is 83.1 Å². The monoisotopic (exact) mass is 961 g/mol. The van der Waals surface area contributed by atoms with Gasteiger partial charge in [-0.05, 0) is 95.6 Å². The van der Waals surface area contributed by atoms with Crippen LogP contribution in [0.15, 0.2) is 290 Å². The fourth-order valence-electron chi connectivity index (χ4n) is 10.8. The average molecular weight is 962 g/mol. The van der Waals surface area contributed by atoms with Crippen LogP contribution in [0.25, 0.3) is 101 Å². The molecule has 0 unspecified atom stereocenters. The van der Waals surface area contributed by atoms with Gasteiger partial charge in [-0.1, -0.05) is 255 Å². The third-order valence-corrected chi connectivity index (χ3v) is 19.1. The molecule has 0 aliphatic rings. The van der Waals surface area contributed by atoms with Gasteiger partial charge < -0.3 is 4.42 Å². The summed E-state index contributed by atoms with van der Waals surface area (Å²) >= 11 is 0. The Morgan fingerprint density at radius 3 is 1.23 bits per heavy atom. The van der Waals surface area contributed by atoms with Gasteiger partial charge in [-0.3, -0.25) is 0 Å². The lowest BCUT2D eigenvalue weighted by Crippen LogP contribution is -2.74. The maximum absolute atomic E-state index is 6.32. The van der Waals surface area contributed by atoms with Crippen LogP contribution in [0.2, 0.25) is 0 Å². The molecule has 0 amide bonds. The summed E-state index contributed by atoms with van der Waals surface area (Å²) < 4.78 is 6.32. The van der Waals surface area contributed by atoms with Gasteiger partial charge in [-0.25, -0.2) is 15.0 Å². The minimum Gasteiger partial charge on any atom is -0.456 e. The number of para-hydroxylation sites is 1. The highest BCUT2D eigenvalue weighted by Crippen LogP contribution is 2.44. The van der Waals surface area contributed by atoms with Gasteiger partial charge in [0, 0.05) is 27.5 Å². The summed E-state index contributed by atoms with van der Waals surface area (Å²) in [5.41, 5.74) is 13.4. The molecule has 2 heterocycles. The number of aromatic nitrogens is 3. The van der Waals surface area contributed by atoms with Gasteiger partial charge in [-0.15, -0.1) is 0 Å². The molecule has 0 bridgehead atoms. The van der Waals surface area contributed by atoms with E-state index < -0.39 is 8.07 Å². The quantitative estimate of drug-likeness (QED) is 0.0957. The van der Waals surface area contributed by atoms with E-state index >= 15 is 0 Å². The van der Waals surface area contributed by atoms with E-state index in [9.17, 15) is 0 Å². The standard InChI is InChI=1S/C69H47N3OSi/c1-7-22-48(23-8-1)55-45-62(49-38-40-52(41-39-49)68-70-67(51-26-11-3-12-27-51)71-69(72-68)54-42-43-61-60-36-19-20-37-64(60)73-65(61)47-54)66(50-24-9-2-10-25-50)63(46-55)53-28-21-35-59(44-53)74(56-29-13-4-14-30-56,57-31-15-5-16-32-57)58-33-17-6-18-34-58/h1-47H. The second kappa shape index (κ2) is 19.2. The van der Waals surface area contributed by atoms with Crippen molar-refractivity contribution in [3.8, 4) is 78.7 Å². The van der Waals surface area contributed by atoms with E-state index in [2.05, 4.69) is 231 Å². The number of hydrogen-bond acceptors (Lipinski definition) is 4. The highest BCUT2D eigenvalue weighted by molar-refractivity contribution is 7.19. The number of hydrogen-bond donors (Lipinski definition) is 0. The van der Waals surface area contributed by atoms with Crippen LogP contribution < -0.4 is 20.7 Å². The van der Waals surface area contributed by atoms with Crippen molar-refractivity contribution >= 4 is 50.8 Å². The van der Waals surface area contributed by atoms with Crippen LogP contribution in [0.5, 0.6) is 0 Å². The fourth-order valence-corrected chi connectivity index (χ4v) is 15.6. The van der Waals surface area contributed by atoms with Crippen LogP contribution >= 0.6 is 0 Å². The Morgan fingerprint density at radius 2 is 0.649 bits per heavy atom. The van der Waals surface area contributed by atoms with Crippen molar-refractivity contribution in [3.05, 3.63) is 285 Å². The minimum atomic E-state index is -2.85. The first-order chi connectivity index (χ1) is 36.7. The molecule has 0 fully saturated rings. The summed E-state index contributed by atoms with van der Waals surface area (Å²) in [6, 6.07) is 102. The van der Waals surface area contributed by atoms with E-state index in [4.69, 9.17) is 19.4 Å². The predicted octanol–water partition coefficient (Wildman–Crippen LogP) is 14.8. The molecule has 0 aliphatic heterocycles. The topological polar surface area (TPSA) is 51.8 Å². The second-order valence-corrected chi connectivity index (χ2v) is 22.5. The third kappa shape index (κ3) is 8.12. The lowest BCUT2D eigenvalue weighted by molar-refractivity contribution is 0.669. The Kier molecular flexibility index (Phi) is 11.5. The van der Waals surface area contributed by atoms with Crippen LogP contribution in [0, 0.1) is 0 Å². The van der Waals surface area contributed by atoms with Gasteiger partial charge >= 0.3 is 0 Å². The molecule has 0 radical (unpaired) electrons. The largest absolute Gasteiger partial charge is 0.456 e. The molecular formula is C69H47N3OSi. The molecule has 74 heavy (non-hydrogen) atoms. The van der Waals surface area contributed by atoms with Crippen LogP contribution in [0.4, 0.5) is 0 Å². The van der Waals surface area contributed by atoms with Gasteiger partial charge in [0.2, 0.25) is 0 Å². The smallest absolute Gasteiger partial charge is 0.179 e. The number of benzene rings is 11. The minimum absolute atomic E-state index is 0.577. The van der Waals surface area contributed by atoms with Gasteiger partial charge in [0.1, 0.15) is 11.2 Å². The van der Waals surface area contributed by atoms with Gasteiger partial charge in [0.25, 0.3) is 0 Å². The summed E-state index contributed by atoms with van der Waals surface area (Å²) in [4.78, 5) is 15.3. The fraction of sp³-hybridized carbons (Fsp3) is 0. The van der Waals surface area contributed by atoms with E-state index in [1.807, 2.05) is 54.6 Å². The predicted molar refractivity (Wildman–Crippen MR) is 309 cm³/mol. The Morgan fingerprint density at radius 1 is 0.243 bits per heavy atom. The first-order valence-corrected chi connectivity index (χ1v) is 27.1. The van der Waals surface area contributed by atoms with E-state index in [-0.39, 0.29) is 0 Å². The summed E-state index contributed by atoms with van der Waals surface area (Å²) in [5, 5.41) is 7.47. The first-order valence-electron chi connectivity index (χ1n) is 25.1. The van der Waals surface area contributed by atoms with Crippen LogP contribution in [0.1, 0.15) is 0 Å². The molecule has 13 aromatic rings. The molecule has 348 valence electrons. The van der Waals surface area contributed by atoms with Crippen molar-refractivity contribution in [2.45, 2.75) is 0 Å². The number of furan rings is 1. The van der Waals surface area contributed by atoms with Gasteiger partial charge in [0.05, 0.1) is 0 Å². The molecule has 5 heteroatoms. The van der Waals surface area contributed by atoms with Gasteiger partial charge in [-0.2, -0.15) is 0 Å². The van der Waals surface area contributed by atoms with Crippen molar-refractivity contribution < 1.29 is 4.42 Å². The van der Waals surface area contributed by atoms with Gasteiger partial charge in [0.15, 0.2) is 25.5 Å². The Labute approximate surface area is 431 Å². The molecule has 2 aromatic heterocycles. The van der Waals surface area contributed by atoms with Crippen LogP contribution in [0.3, 0.4) is 0 Å². The second-order valence-electron chi connectivity index (χ2n) is 18.7. The molecule has 11 aromatic carbocycles. The zero-order valence-electron chi connectivity index (χ0n) is 40.4. The third-order valence-electron chi connectivity index (χ3n) is 14.3. The molecular weight excluding hydrogens is 915 g/mol. The summed E-state index contributed by atoms with van der Waals surface area (Å²) in [5.74, 6) is 1.77. The van der Waals surface area contributed by atoms with Crippen molar-refractivity contribution in [3.63, 3.8) is 0 Å². The molecule has 0 spiro atoms. The molecule has 4 nitrogen and oxygen atoms in total. The van der Waals surface area contributed by atoms with E-state index in [0.29, 0.717) is 17.5 Å². The zero-order valence-corrected chi connectivity index (χ0v) is 41.4. The maximum Gasteiger partial charge on any atom is 0.179 e. The van der Waals surface area contributed by atoms with Crippen LogP contribution in [-0.4, -0.2) is 23.0 Å². The molecule has 0 aliphatic carbocycles. The molecule has 0 atom stereocenters. The highest BCUT2D eigenvalue weighted by Gasteiger charge is 2.41. The summed E-state index contributed by atoms with van der Waals surface area (Å²) in [7, 11) is -2.85. The maximum atomic E-state index is 6.32. The summed E-state index contributed by atoms with van der Waals surface area (Å²) in [6.07, 6.45) is 0. The first kappa shape index (κ1) is 44.4. The lowest BCUT2D eigenvalue weighted by atomic mass is 9.84. The number of fused-ring (bicyclic) bond motifs is 3. The van der Waals surface area contributed by atoms with Crippen molar-refractivity contribution in [1.82, 2.24) is 15.0 Å². The average Bonchev–Trinajstić information content (AvgIpc) is 3.87. The van der Waals surface area contributed by atoms with E-state index in [1.54, 1.807) is 0 Å². The summed E-state index contributed by atoms with van der Waals surface area (Å²) in [6.45, 7) is 0. The highest BCUT2D eigenvalue weighted by atomic mass is 28.3. The normalized spacial score (nSPS) is 11.5. The Bertz CT molecular complexity index is 4000. The molecule has 0 saturated carbocycles. The van der Waals surface area contributed by atoms with E-state index in [1.165, 1.54) is 20.7 Å².